The molecule has 0 fully saturated rings. The number of amides is 2. The maximum atomic E-state index is 13.0. The highest BCUT2D eigenvalue weighted by Gasteiger charge is 2.44. The van der Waals surface area contributed by atoms with Gasteiger partial charge in [0.25, 0.3) is 11.8 Å². The summed E-state index contributed by atoms with van der Waals surface area (Å²) >= 11 is 0.257. The standard InChI is InChI=1S/C14H10F4N2O5S2/c15-6-1-3-7(4-2-6)27(24,25)9-5-8(11(19)22)13(26-9)20-12(23)10(21)14(16,17)18/h1-5,10,21H,(H2,19,22)(H,20,23). The summed E-state index contributed by atoms with van der Waals surface area (Å²) in [6.07, 6.45) is -8.66. The van der Waals surface area contributed by atoms with Gasteiger partial charge in [-0.25, -0.2) is 12.8 Å². The zero-order chi connectivity index (χ0) is 20.6. The Morgan fingerprint density at radius 2 is 1.74 bits per heavy atom. The third-order valence-electron chi connectivity index (χ3n) is 3.16. The zero-order valence-electron chi connectivity index (χ0n) is 13.0. The molecular weight excluding hydrogens is 416 g/mol. The topological polar surface area (TPSA) is 127 Å². The Labute approximate surface area is 153 Å². The van der Waals surface area contributed by atoms with E-state index in [-0.39, 0.29) is 16.2 Å². The second kappa shape index (κ2) is 7.25. The van der Waals surface area contributed by atoms with Gasteiger partial charge in [0, 0.05) is 0 Å². The van der Waals surface area contributed by atoms with Crippen molar-refractivity contribution in [2.75, 3.05) is 5.32 Å². The Balaban J connectivity index is 2.44. The first kappa shape index (κ1) is 20.8. The number of nitrogens with one attached hydrogen (secondary N) is 1. The number of aliphatic hydroxyl groups excluding tert-OH is 1. The predicted octanol–water partition coefficient (Wildman–Crippen LogP) is 1.68. The fourth-order valence-corrected chi connectivity index (χ4v) is 4.61. The molecule has 0 aliphatic carbocycles. The van der Waals surface area contributed by atoms with Crippen LogP contribution in [0, 0.1) is 5.82 Å². The monoisotopic (exact) mass is 426 g/mol. The molecule has 27 heavy (non-hydrogen) atoms. The Kier molecular flexibility index (Phi) is 5.58. The van der Waals surface area contributed by atoms with Crippen molar-refractivity contribution in [3.8, 4) is 0 Å². The van der Waals surface area contributed by atoms with E-state index >= 15 is 0 Å². The van der Waals surface area contributed by atoms with Gasteiger partial charge in [-0.2, -0.15) is 13.2 Å². The highest BCUT2D eigenvalue weighted by molar-refractivity contribution is 7.93. The molecule has 0 saturated carbocycles. The highest BCUT2D eigenvalue weighted by atomic mass is 32.2. The fourth-order valence-electron chi connectivity index (χ4n) is 1.84. The second-order valence-corrected chi connectivity index (χ2v) is 8.29. The molecule has 1 heterocycles. The number of thiophene rings is 1. The van der Waals surface area contributed by atoms with Crippen molar-refractivity contribution in [2.24, 2.45) is 5.73 Å². The second-order valence-electron chi connectivity index (χ2n) is 5.06. The number of carbonyl (C=O) groups is 2. The number of hydrogen-bond donors (Lipinski definition) is 3. The Bertz CT molecular complexity index is 984. The lowest BCUT2D eigenvalue weighted by molar-refractivity contribution is -0.202. The van der Waals surface area contributed by atoms with Gasteiger partial charge in [-0.1, -0.05) is 0 Å². The van der Waals surface area contributed by atoms with E-state index in [1.165, 1.54) is 0 Å². The van der Waals surface area contributed by atoms with Gasteiger partial charge in [-0.05, 0) is 30.3 Å². The molecule has 146 valence electrons. The van der Waals surface area contributed by atoms with Crippen molar-refractivity contribution in [1.82, 2.24) is 0 Å². The third kappa shape index (κ3) is 4.43. The van der Waals surface area contributed by atoms with Crippen molar-refractivity contribution >= 4 is 38.0 Å². The lowest BCUT2D eigenvalue weighted by Gasteiger charge is -2.13. The third-order valence-corrected chi connectivity index (χ3v) is 6.45. The van der Waals surface area contributed by atoms with E-state index in [2.05, 4.69) is 0 Å². The number of benzene rings is 1. The fraction of sp³-hybridized carbons (Fsp3) is 0.143. The van der Waals surface area contributed by atoms with Gasteiger partial charge in [0.1, 0.15) is 15.0 Å². The zero-order valence-corrected chi connectivity index (χ0v) is 14.6. The molecule has 1 atom stereocenters. The Morgan fingerprint density at radius 3 is 2.22 bits per heavy atom. The molecule has 2 amide bonds. The number of aliphatic hydroxyl groups is 1. The number of sulfone groups is 1. The van der Waals surface area contributed by atoms with Crippen LogP contribution in [0.3, 0.4) is 0 Å². The van der Waals surface area contributed by atoms with Crippen molar-refractivity contribution in [2.45, 2.75) is 21.4 Å². The van der Waals surface area contributed by atoms with Crippen LogP contribution in [-0.2, 0) is 14.6 Å². The SMILES string of the molecule is NC(=O)c1cc(S(=O)(=O)c2ccc(F)cc2)sc1NC(=O)C(O)C(F)(F)F. The number of anilines is 1. The normalized spacial score (nSPS) is 13.2. The largest absolute Gasteiger partial charge is 0.423 e. The average Bonchev–Trinajstić information content (AvgIpc) is 2.98. The minimum absolute atomic E-state index is 0.257. The molecule has 1 aromatic carbocycles. The van der Waals surface area contributed by atoms with Crippen molar-refractivity contribution in [3.63, 3.8) is 0 Å². The van der Waals surface area contributed by atoms with Crippen molar-refractivity contribution in [3.05, 3.63) is 41.7 Å². The highest BCUT2D eigenvalue weighted by Crippen LogP contribution is 2.35. The summed E-state index contributed by atoms with van der Waals surface area (Å²) in [5.41, 5.74) is 4.49. The van der Waals surface area contributed by atoms with Crippen LogP contribution in [0.25, 0.3) is 0 Å². The molecule has 4 N–H and O–H groups in total. The van der Waals surface area contributed by atoms with Crippen LogP contribution < -0.4 is 11.1 Å². The number of alkyl halides is 3. The molecular formula is C14H10F4N2O5S2. The number of halogens is 4. The average molecular weight is 426 g/mol. The summed E-state index contributed by atoms with van der Waals surface area (Å²) in [5, 5.41) is 9.96. The number of primary amides is 1. The first-order valence-corrected chi connectivity index (χ1v) is 9.14. The summed E-state index contributed by atoms with van der Waals surface area (Å²) in [7, 11) is -4.27. The molecule has 2 aromatic rings. The lowest BCUT2D eigenvalue weighted by Crippen LogP contribution is -2.40. The van der Waals surface area contributed by atoms with Crippen LogP contribution in [0.1, 0.15) is 10.4 Å². The number of nitrogens with two attached hydrogens (primary N) is 1. The Morgan fingerprint density at radius 1 is 1.19 bits per heavy atom. The predicted molar refractivity (Wildman–Crippen MR) is 85.4 cm³/mol. The number of hydrogen-bond acceptors (Lipinski definition) is 6. The summed E-state index contributed by atoms with van der Waals surface area (Å²) in [6.45, 7) is 0. The smallest absolute Gasteiger partial charge is 0.376 e. The van der Waals surface area contributed by atoms with E-state index in [0.29, 0.717) is 0 Å². The molecule has 1 aromatic heterocycles. The maximum absolute atomic E-state index is 13.0. The first-order chi connectivity index (χ1) is 12.3. The van der Waals surface area contributed by atoms with Gasteiger partial charge in [0.15, 0.2) is 0 Å². The van der Waals surface area contributed by atoms with Crippen LogP contribution >= 0.6 is 11.3 Å². The molecule has 0 spiro atoms. The molecule has 1 unspecified atom stereocenters. The molecule has 0 saturated heterocycles. The molecule has 0 aliphatic rings. The van der Waals surface area contributed by atoms with E-state index < -0.39 is 54.5 Å². The van der Waals surface area contributed by atoms with Crippen molar-refractivity contribution in [1.29, 1.82) is 0 Å². The summed E-state index contributed by atoms with van der Waals surface area (Å²) in [6, 6.07) is 4.40. The van der Waals surface area contributed by atoms with Gasteiger partial charge in [0.2, 0.25) is 15.9 Å². The van der Waals surface area contributed by atoms with E-state index in [0.717, 1.165) is 30.3 Å². The van der Waals surface area contributed by atoms with Crippen LogP contribution in [0.15, 0.2) is 39.4 Å². The first-order valence-electron chi connectivity index (χ1n) is 6.84. The number of rotatable bonds is 5. The summed E-state index contributed by atoms with van der Waals surface area (Å²) < 4.78 is 74.6. The summed E-state index contributed by atoms with van der Waals surface area (Å²) in [5.74, 6) is -3.84. The van der Waals surface area contributed by atoms with E-state index in [1.54, 1.807) is 5.32 Å². The van der Waals surface area contributed by atoms with Gasteiger partial charge in [-0.3, -0.25) is 9.59 Å². The van der Waals surface area contributed by atoms with Gasteiger partial charge in [-0.15, -0.1) is 11.3 Å². The van der Waals surface area contributed by atoms with E-state index in [9.17, 15) is 35.6 Å². The molecule has 0 aliphatic heterocycles. The van der Waals surface area contributed by atoms with Gasteiger partial charge >= 0.3 is 6.18 Å². The molecule has 0 radical (unpaired) electrons. The van der Waals surface area contributed by atoms with Crippen LogP contribution in [0.4, 0.5) is 22.6 Å². The summed E-state index contributed by atoms with van der Waals surface area (Å²) in [4.78, 5) is 22.6. The minimum Gasteiger partial charge on any atom is -0.376 e. The lowest BCUT2D eigenvalue weighted by atomic mass is 10.3. The number of carbonyl (C=O) groups excluding carboxylic acids is 2. The van der Waals surface area contributed by atoms with Crippen LogP contribution in [0.5, 0.6) is 0 Å². The quantitative estimate of drug-likeness (QED) is 0.495. The van der Waals surface area contributed by atoms with Crippen LogP contribution in [-0.4, -0.2) is 37.6 Å². The minimum atomic E-state index is -5.27. The molecule has 2 rings (SSSR count). The molecule has 13 heteroatoms. The van der Waals surface area contributed by atoms with E-state index in [4.69, 9.17) is 10.8 Å². The molecule has 0 bridgehead atoms. The van der Waals surface area contributed by atoms with Crippen molar-refractivity contribution < 1.29 is 40.7 Å². The van der Waals surface area contributed by atoms with E-state index in [1.807, 2.05) is 0 Å². The van der Waals surface area contributed by atoms with Gasteiger partial charge in [0.05, 0.1) is 10.5 Å². The maximum Gasteiger partial charge on any atom is 0.423 e. The Hall–Kier alpha value is -2.51. The molecule has 7 nitrogen and oxygen atoms in total. The van der Waals surface area contributed by atoms with Gasteiger partial charge < -0.3 is 16.2 Å². The van der Waals surface area contributed by atoms with Crippen LogP contribution in [0.2, 0.25) is 0 Å².